The minimum Gasteiger partial charge on any atom is -0.511 e. The number of halogens is 3. The van der Waals surface area contributed by atoms with Gasteiger partial charge in [-0.25, -0.2) is 4.79 Å². The van der Waals surface area contributed by atoms with Crippen LogP contribution in [0.1, 0.15) is 48.5 Å². The van der Waals surface area contributed by atoms with E-state index in [0.717, 1.165) is 10.6 Å². The van der Waals surface area contributed by atoms with Gasteiger partial charge in [0.15, 0.2) is 11.6 Å². The Morgan fingerprint density at radius 3 is 2.39 bits per heavy atom. The van der Waals surface area contributed by atoms with Crippen molar-refractivity contribution >= 4 is 22.5 Å². The largest absolute Gasteiger partial charge is 0.511 e. The molecule has 1 N–H and O–H groups in total. The smallest absolute Gasteiger partial charge is 0.406 e. The lowest BCUT2D eigenvalue weighted by Gasteiger charge is -2.19. The van der Waals surface area contributed by atoms with Crippen molar-refractivity contribution in [2.24, 2.45) is 0 Å². The Bertz CT molecular complexity index is 1230. The first-order valence-corrected chi connectivity index (χ1v) is 9.81. The maximum Gasteiger partial charge on any atom is 0.406 e. The highest BCUT2D eigenvalue weighted by molar-refractivity contribution is 6.27. The van der Waals surface area contributed by atoms with E-state index >= 15 is 0 Å². The highest BCUT2D eigenvalue weighted by atomic mass is 19.4. The first kappa shape index (κ1) is 22.5. The number of nitrogens with zero attached hydrogens (tertiary/aromatic N) is 2. The highest BCUT2D eigenvalue weighted by Gasteiger charge is 2.32. The Hall–Kier alpha value is -3.17. The van der Waals surface area contributed by atoms with Crippen LogP contribution >= 0.6 is 0 Å². The second-order valence-corrected chi connectivity index (χ2v) is 7.50. The summed E-state index contributed by atoms with van der Waals surface area (Å²) in [5.41, 5.74) is -2.54. The van der Waals surface area contributed by atoms with Gasteiger partial charge in [0.05, 0.1) is 10.9 Å². The number of Topliss-reactive ketones (excluding diaryl/α,β-unsaturated/α-hetero) is 2. The fourth-order valence-corrected chi connectivity index (χ4v) is 3.88. The SMILES string of the molecule is CCCn1c(=O)c2c(C)c(C(=O)C3=C(O)CCCC3=O)ccc2n(CC(F)(F)F)c1=O. The maximum atomic E-state index is 13.1. The number of aliphatic hydroxyl groups is 1. The fraction of sp³-hybridized carbons (Fsp3) is 0.429. The summed E-state index contributed by atoms with van der Waals surface area (Å²) in [6, 6.07) is 2.28. The van der Waals surface area contributed by atoms with Crippen LogP contribution in [-0.2, 0) is 17.9 Å². The lowest BCUT2D eigenvalue weighted by Crippen LogP contribution is -2.42. The molecule has 10 heteroatoms. The predicted octanol–water partition coefficient (Wildman–Crippen LogP) is 3.19. The van der Waals surface area contributed by atoms with Crippen molar-refractivity contribution in [2.45, 2.75) is 58.8 Å². The van der Waals surface area contributed by atoms with Crippen LogP contribution in [0, 0.1) is 6.92 Å². The molecule has 0 fully saturated rings. The van der Waals surface area contributed by atoms with Gasteiger partial charge in [-0.05, 0) is 37.5 Å². The van der Waals surface area contributed by atoms with Crippen molar-refractivity contribution in [1.82, 2.24) is 9.13 Å². The van der Waals surface area contributed by atoms with Crippen molar-refractivity contribution in [3.8, 4) is 0 Å². The molecule has 31 heavy (non-hydrogen) atoms. The van der Waals surface area contributed by atoms with E-state index in [9.17, 15) is 37.5 Å². The molecule has 1 heterocycles. The number of hydrogen-bond donors (Lipinski definition) is 1. The Morgan fingerprint density at radius 2 is 1.81 bits per heavy atom. The van der Waals surface area contributed by atoms with Gasteiger partial charge in [0.2, 0.25) is 0 Å². The van der Waals surface area contributed by atoms with Gasteiger partial charge >= 0.3 is 11.9 Å². The quantitative estimate of drug-likeness (QED) is 0.571. The number of ketones is 2. The first-order valence-electron chi connectivity index (χ1n) is 9.81. The van der Waals surface area contributed by atoms with Crippen LogP contribution in [0.4, 0.5) is 13.2 Å². The number of aryl methyl sites for hydroxylation is 1. The zero-order valence-electron chi connectivity index (χ0n) is 17.0. The molecule has 0 aliphatic heterocycles. The third kappa shape index (κ3) is 4.06. The summed E-state index contributed by atoms with van der Waals surface area (Å²) in [7, 11) is 0. The van der Waals surface area contributed by atoms with Gasteiger partial charge in [-0.1, -0.05) is 6.92 Å². The van der Waals surface area contributed by atoms with E-state index in [2.05, 4.69) is 0 Å². The van der Waals surface area contributed by atoms with E-state index in [1.165, 1.54) is 13.0 Å². The van der Waals surface area contributed by atoms with Gasteiger partial charge in [-0.3, -0.25) is 23.5 Å². The van der Waals surface area contributed by atoms with Crippen LogP contribution in [0.15, 0.2) is 33.1 Å². The number of benzene rings is 1. The van der Waals surface area contributed by atoms with E-state index in [-0.39, 0.29) is 52.7 Å². The Kier molecular flexibility index (Phi) is 5.93. The van der Waals surface area contributed by atoms with Crippen LogP contribution in [0.3, 0.4) is 0 Å². The average molecular weight is 438 g/mol. The summed E-state index contributed by atoms with van der Waals surface area (Å²) in [6.45, 7) is 1.36. The number of rotatable bonds is 5. The Labute approximate surface area is 174 Å². The van der Waals surface area contributed by atoms with Crippen LogP contribution in [0.5, 0.6) is 0 Å². The summed E-state index contributed by atoms with van der Waals surface area (Å²) < 4.78 is 40.6. The van der Waals surface area contributed by atoms with Crippen molar-refractivity contribution in [2.75, 3.05) is 0 Å². The molecule has 0 radical (unpaired) electrons. The van der Waals surface area contributed by atoms with Crippen LogP contribution in [-0.4, -0.2) is 32.0 Å². The molecule has 0 amide bonds. The molecule has 7 nitrogen and oxygen atoms in total. The molecular weight excluding hydrogens is 417 g/mol. The van der Waals surface area contributed by atoms with Crippen LogP contribution in [0.25, 0.3) is 10.9 Å². The van der Waals surface area contributed by atoms with Gasteiger partial charge in [0.25, 0.3) is 5.56 Å². The molecule has 0 saturated carbocycles. The van der Waals surface area contributed by atoms with E-state index < -0.39 is 35.5 Å². The topological polar surface area (TPSA) is 98.4 Å². The molecule has 0 saturated heterocycles. The lowest BCUT2D eigenvalue weighted by atomic mass is 9.88. The van der Waals surface area contributed by atoms with Gasteiger partial charge in [-0.2, -0.15) is 13.2 Å². The van der Waals surface area contributed by atoms with E-state index in [1.807, 2.05) is 0 Å². The Balaban J connectivity index is 2.34. The third-order valence-corrected chi connectivity index (χ3v) is 5.30. The number of carbonyl (C=O) groups is 2. The molecule has 1 aromatic carbocycles. The number of carbonyl (C=O) groups excluding carboxylic acids is 2. The van der Waals surface area contributed by atoms with Gasteiger partial charge in [-0.15, -0.1) is 0 Å². The van der Waals surface area contributed by atoms with E-state index in [1.54, 1.807) is 6.92 Å². The van der Waals surface area contributed by atoms with Crippen LogP contribution in [0.2, 0.25) is 0 Å². The fourth-order valence-electron chi connectivity index (χ4n) is 3.88. The number of aromatic nitrogens is 2. The Morgan fingerprint density at radius 1 is 1.13 bits per heavy atom. The maximum absolute atomic E-state index is 13.1. The lowest BCUT2D eigenvalue weighted by molar-refractivity contribution is -0.140. The molecule has 2 aromatic rings. The molecule has 0 spiro atoms. The van der Waals surface area contributed by atoms with E-state index in [4.69, 9.17) is 0 Å². The molecule has 0 bridgehead atoms. The van der Waals surface area contributed by atoms with Crippen molar-refractivity contribution < 1.29 is 27.9 Å². The number of fused-ring (bicyclic) bond motifs is 1. The average Bonchev–Trinajstić information content (AvgIpc) is 2.67. The minimum absolute atomic E-state index is 0.0481. The monoisotopic (exact) mass is 438 g/mol. The van der Waals surface area contributed by atoms with Crippen LogP contribution < -0.4 is 11.2 Å². The molecule has 0 unspecified atom stereocenters. The molecule has 1 aliphatic rings. The molecule has 0 atom stereocenters. The number of aliphatic hydroxyl groups excluding tert-OH is 1. The molecular formula is C21H21F3N2O5. The van der Waals surface area contributed by atoms with Gasteiger partial charge < -0.3 is 5.11 Å². The summed E-state index contributed by atoms with van der Waals surface area (Å²) >= 11 is 0. The second kappa shape index (κ2) is 8.16. The predicted molar refractivity (Wildman–Crippen MR) is 106 cm³/mol. The van der Waals surface area contributed by atoms with Gasteiger partial charge in [0.1, 0.15) is 17.9 Å². The summed E-state index contributed by atoms with van der Waals surface area (Å²) in [4.78, 5) is 50.8. The summed E-state index contributed by atoms with van der Waals surface area (Å²) in [5, 5.41) is 9.85. The highest BCUT2D eigenvalue weighted by Crippen LogP contribution is 2.27. The molecule has 1 aliphatic carbocycles. The number of allylic oxidation sites excluding steroid dienone is 2. The third-order valence-electron chi connectivity index (χ3n) is 5.30. The molecule has 166 valence electrons. The molecule has 1 aromatic heterocycles. The van der Waals surface area contributed by atoms with E-state index in [0.29, 0.717) is 17.4 Å². The zero-order valence-corrected chi connectivity index (χ0v) is 17.0. The number of hydrogen-bond acceptors (Lipinski definition) is 5. The van der Waals surface area contributed by atoms with Crippen molar-refractivity contribution in [3.05, 3.63) is 55.4 Å². The molecule has 3 rings (SSSR count). The zero-order chi connectivity index (χ0) is 23.1. The number of alkyl halides is 3. The standard InChI is InChI=1S/C21H21F3N2O5/c1-3-9-25-19(30)16-11(2)12(18(29)17-14(27)5-4-6-15(17)28)7-8-13(16)26(20(25)31)10-21(22,23)24/h7-8,27H,3-6,9-10H2,1-2H3. The minimum atomic E-state index is -4.71. The first-order chi connectivity index (χ1) is 14.5. The van der Waals surface area contributed by atoms with Crippen molar-refractivity contribution in [3.63, 3.8) is 0 Å². The normalized spacial score (nSPS) is 15.1. The van der Waals surface area contributed by atoms with Crippen molar-refractivity contribution in [1.29, 1.82) is 0 Å². The summed E-state index contributed by atoms with van der Waals surface area (Å²) in [5.74, 6) is -1.67. The van der Waals surface area contributed by atoms with Gasteiger partial charge in [0, 0.05) is 24.9 Å². The second-order valence-electron chi connectivity index (χ2n) is 7.50. The summed E-state index contributed by atoms with van der Waals surface area (Å²) in [6.07, 6.45) is -3.72.